The van der Waals surface area contributed by atoms with E-state index >= 15 is 0 Å². The number of hydrogen-bond donors (Lipinski definition) is 1. The fourth-order valence-electron chi connectivity index (χ4n) is 3.29. The molecule has 3 nitrogen and oxygen atoms in total. The first-order chi connectivity index (χ1) is 11.7. The normalized spacial score (nSPS) is 13.2. The van der Waals surface area contributed by atoms with Crippen molar-refractivity contribution in [1.29, 1.82) is 0 Å². The number of aryl methyl sites for hydroxylation is 2. The topological polar surface area (TPSA) is 28.2 Å². The standard InChI is InChI=1S/C20H21N3S/c1-14-20(24-15(2)22-14)13-21-17-7-9-18(10-8-17)23-12-11-16-5-3-4-6-19(16)23/h3-10,21H,11-13H2,1-2H3. The molecular formula is C20H21N3S. The van der Waals surface area contributed by atoms with Crippen LogP contribution in [0.3, 0.4) is 0 Å². The Morgan fingerprint density at radius 2 is 1.88 bits per heavy atom. The van der Waals surface area contributed by atoms with E-state index in [0.717, 1.165) is 35.9 Å². The van der Waals surface area contributed by atoms with Crippen LogP contribution in [0.15, 0.2) is 48.5 Å². The molecule has 4 rings (SSSR count). The molecule has 0 saturated heterocycles. The molecule has 2 heterocycles. The lowest BCUT2D eigenvalue weighted by Gasteiger charge is -2.20. The first-order valence-electron chi connectivity index (χ1n) is 8.33. The van der Waals surface area contributed by atoms with Crippen LogP contribution in [-0.2, 0) is 13.0 Å². The van der Waals surface area contributed by atoms with E-state index < -0.39 is 0 Å². The Morgan fingerprint density at radius 3 is 2.62 bits per heavy atom. The summed E-state index contributed by atoms with van der Waals surface area (Å²) < 4.78 is 0. The quantitative estimate of drug-likeness (QED) is 0.722. The Morgan fingerprint density at radius 1 is 1.08 bits per heavy atom. The van der Waals surface area contributed by atoms with Gasteiger partial charge >= 0.3 is 0 Å². The van der Waals surface area contributed by atoms with E-state index in [-0.39, 0.29) is 0 Å². The molecule has 1 aliphatic rings. The van der Waals surface area contributed by atoms with Crippen molar-refractivity contribution in [3.8, 4) is 0 Å². The number of fused-ring (bicyclic) bond motifs is 1. The van der Waals surface area contributed by atoms with Crippen molar-refractivity contribution in [1.82, 2.24) is 4.98 Å². The van der Waals surface area contributed by atoms with Crippen LogP contribution in [0.5, 0.6) is 0 Å². The van der Waals surface area contributed by atoms with Gasteiger partial charge in [0.2, 0.25) is 0 Å². The Bertz CT molecular complexity index is 852. The van der Waals surface area contributed by atoms with Gasteiger partial charge in [-0.15, -0.1) is 11.3 Å². The van der Waals surface area contributed by atoms with Crippen LogP contribution in [0, 0.1) is 13.8 Å². The third-order valence-electron chi connectivity index (χ3n) is 4.52. The summed E-state index contributed by atoms with van der Waals surface area (Å²) in [5, 5.41) is 4.64. The highest BCUT2D eigenvalue weighted by Gasteiger charge is 2.19. The zero-order valence-corrected chi connectivity index (χ0v) is 14.9. The fourth-order valence-corrected chi connectivity index (χ4v) is 4.16. The molecule has 3 aromatic rings. The van der Waals surface area contributed by atoms with Crippen LogP contribution in [0.1, 0.15) is 21.1 Å². The molecule has 0 saturated carbocycles. The summed E-state index contributed by atoms with van der Waals surface area (Å²) >= 11 is 1.77. The third-order valence-corrected chi connectivity index (χ3v) is 5.59. The van der Waals surface area contributed by atoms with E-state index in [4.69, 9.17) is 0 Å². The molecule has 0 bridgehead atoms. The van der Waals surface area contributed by atoms with Gasteiger partial charge in [0, 0.05) is 28.5 Å². The van der Waals surface area contributed by atoms with Crippen molar-refractivity contribution in [2.45, 2.75) is 26.8 Å². The lowest BCUT2D eigenvalue weighted by molar-refractivity contribution is 0.998. The van der Waals surface area contributed by atoms with Crippen LogP contribution in [0.4, 0.5) is 17.1 Å². The Kier molecular flexibility index (Phi) is 3.98. The van der Waals surface area contributed by atoms with Gasteiger partial charge in [0.05, 0.1) is 17.2 Å². The molecule has 122 valence electrons. The van der Waals surface area contributed by atoms with Crippen LogP contribution in [-0.4, -0.2) is 11.5 Å². The average Bonchev–Trinajstić information content (AvgIpc) is 3.16. The van der Waals surface area contributed by atoms with Gasteiger partial charge in [-0.3, -0.25) is 0 Å². The molecular weight excluding hydrogens is 314 g/mol. The molecule has 0 aliphatic carbocycles. The molecule has 0 atom stereocenters. The van der Waals surface area contributed by atoms with Crippen LogP contribution in [0.2, 0.25) is 0 Å². The van der Waals surface area contributed by atoms with Crippen LogP contribution >= 0.6 is 11.3 Å². The SMILES string of the molecule is Cc1nc(C)c(CNc2ccc(N3CCc4ccccc43)cc2)s1. The largest absolute Gasteiger partial charge is 0.380 e. The highest BCUT2D eigenvalue weighted by atomic mass is 32.1. The smallest absolute Gasteiger partial charge is 0.0900 e. The molecule has 0 fully saturated rings. The highest BCUT2D eigenvalue weighted by Crippen LogP contribution is 2.34. The first-order valence-corrected chi connectivity index (χ1v) is 9.14. The lowest BCUT2D eigenvalue weighted by atomic mass is 10.2. The Balaban J connectivity index is 1.47. The molecule has 0 unspecified atom stereocenters. The van der Waals surface area contributed by atoms with Crippen molar-refractivity contribution in [3.63, 3.8) is 0 Å². The summed E-state index contributed by atoms with van der Waals surface area (Å²) in [6, 6.07) is 17.4. The molecule has 1 N–H and O–H groups in total. The lowest BCUT2D eigenvalue weighted by Crippen LogP contribution is -2.13. The third kappa shape index (κ3) is 2.89. The zero-order chi connectivity index (χ0) is 16.5. The second-order valence-corrected chi connectivity index (χ2v) is 7.46. The summed E-state index contributed by atoms with van der Waals surface area (Å²) in [5.74, 6) is 0. The fraction of sp³-hybridized carbons (Fsp3) is 0.250. The summed E-state index contributed by atoms with van der Waals surface area (Å²) in [6.07, 6.45) is 1.13. The number of nitrogens with zero attached hydrogens (tertiary/aromatic N) is 2. The van der Waals surface area contributed by atoms with Gasteiger partial charge in [-0.2, -0.15) is 0 Å². The Labute approximate surface area is 147 Å². The van der Waals surface area contributed by atoms with Crippen LogP contribution in [0.25, 0.3) is 0 Å². The van der Waals surface area contributed by atoms with Crippen molar-refractivity contribution in [2.75, 3.05) is 16.8 Å². The second kappa shape index (κ2) is 6.29. The summed E-state index contributed by atoms with van der Waals surface area (Å²) in [7, 11) is 0. The molecule has 4 heteroatoms. The van der Waals surface area contributed by atoms with Gasteiger partial charge in [-0.05, 0) is 56.2 Å². The number of nitrogens with one attached hydrogen (secondary N) is 1. The number of rotatable bonds is 4. The number of aromatic nitrogens is 1. The van der Waals surface area contributed by atoms with Gasteiger partial charge in [-0.25, -0.2) is 4.98 Å². The first kappa shape index (κ1) is 15.2. The van der Waals surface area contributed by atoms with Gasteiger partial charge in [0.25, 0.3) is 0 Å². The molecule has 0 radical (unpaired) electrons. The minimum absolute atomic E-state index is 0.837. The van der Waals surface area contributed by atoms with Gasteiger partial charge in [0.1, 0.15) is 0 Å². The van der Waals surface area contributed by atoms with Gasteiger partial charge in [-0.1, -0.05) is 18.2 Å². The molecule has 2 aromatic carbocycles. The maximum Gasteiger partial charge on any atom is 0.0900 e. The van der Waals surface area contributed by atoms with E-state index in [1.165, 1.54) is 21.8 Å². The van der Waals surface area contributed by atoms with E-state index in [9.17, 15) is 0 Å². The van der Waals surface area contributed by atoms with Crippen molar-refractivity contribution >= 4 is 28.4 Å². The molecule has 1 aliphatic heterocycles. The van der Waals surface area contributed by atoms with E-state index in [1.54, 1.807) is 11.3 Å². The highest BCUT2D eigenvalue weighted by molar-refractivity contribution is 7.11. The molecule has 0 amide bonds. The van der Waals surface area contributed by atoms with Gasteiger partial charge < -0.3 is 10.2 Å². The minimum Gasteiger partial charge on any atom is -0.380 e. The maximum absolute atomic E-state index is 4.48. The minimum atomic E-state index is 0.837. The molecule has 24 heavy (non-hydrogen) atoms. The van der Waals surface area contributed by atoms with Crippen LogP contribution < -0.4 is 10.2 Å². The molecule has 1 aromatic heterocycles. The number of anilines is 3. The molecule has 0 spiro atoms. The average molecular weight is 335 g/mol. The number of benzene rings is 2. The predicted molar refractivity (Wildman–Crippen MR) is 103 cm³/mol. The second-order valence-electron chi connectivity index (χ2n) is 6.17. The summed E-state index contributed by atoms with van der Waals surface area (Å²) in [5.41, 5.74) is 6.33. The predicted octanol–water partition coefficient (Wildman–Crippen LogP) is 5.07. The zero-order valence-electron chi connectivity index (χ0n) is 14.0. The number of thiazole rings is 1. The van der Waals surface area contributed by atoms with E-state index in [1.807, 2.05) is 0 Å². The maximum atomic E-state index is 4.48. The van der Waals surface area contributed by atoms with Crippen molar-refractivity contribution < 1.29 is 0 Å². The van der Waals surface area contributed by atoms with Crippen molar-refractivity contribution in [2.24, 2.45) is 0 Å². The number of hydrogen-bond acceptors (Lipinski definition) is 4. The number of para-hydroxylation sites is 1. The van der Waals surface area contributed by atoms with E-state index in [0.29, 0.717) is 0 Å². The summed E-state index contributed by atoms with van der Waals surface area (Å²) in [6.45, 7) is 6.03. The van der Waals surface area contributed by atoms with E-state index in [2.05, 4.69) is 77.6 Å². The Hall–Kier alpha value is -2.33. The van der Waals surface area contributed by atoms with Gasteiger partial charge in [0.15, 0.2) is 0 Å². The van der Waals surface area contributed by atoms with Crippen molar-refractivity contribution in [3.05, 3.63) is 69.7 Å². The monoisotopic (exact) mass is 335 g/mol. The summed E-state index contributed by atoms with van der Waals surface area (Å²) in [4.78, 5) is 8.19.